The van der Waals surface area contributed by atoms with Crippen molar-refractivity contribution in [2.45, 2.75) is 18.8 Å². The molecule has 8 heteroatoms. The molecule has 1 rings (SSSR count). The van der Waals surface area contributed by atoms with Gasteiger partial charge >= 0.3 is 0 Å². The van der Waals surface area contributed by atoms with Crippen molar-refractivity contribution in [3.05, 3.63) is 5.82 Å². The maximum Gasteiger partial charge on any atom is 0.168 e. The summed E-state index contributed by atoms with van der Waals surface area (Å²) in [7, 11) is -3.00. The van der Waals surface area contributed by atoms with E-state index in [1.807, 2.05) is 0 Å². The van der Waals surface area contributed by atoms with Crippen molar-refractivity contribution in [2.75, 3.05) is 12.0 Å². The molecular formula is C6H11ClN4O2S. The van der Waals surface area contributed by atoms with Crippen LogP contribution in [0.5, 0.6) is 0 Å². The van der Waals surface area contributed by atoms with Crippen LogP contribution >= 0.6 is 11.6 Å². The molecular weight excluding hydrogens is 228 g/mol. The highest BCUT2D eigenvalue weighted by Crippen LogP contribution is 2.14. The number of aromatic nitrogens is 4. The highest BCUT2D eigenvalue weighted by atomic mass is 35.5. The first-order chi connectivity index (χ1) is 6.40. The summed E-state index contributed by atoms with van der Waals surface area (Å²) in [6.07, 6.45) is 1.17. The van der Waals surface area contributed by atoms with Gasteiger partial charge in [-0.2, -0.15) is 0 Å². The van der Waals surface area contributed by atoms with Gasteiger partial charge in [-0.1, -0.05) is 0 Å². The zero-order valence-electron chi connectivity index (χ0n) is 7.88. The van der Waals surface area contributed by atoms with Gasteiger partial charge in [0.2, 0.25) is 0 Å². The maximum absolute atomic E-state index is 10.9. The van der Waals surface area contributed by atoms with E-state index >= 15 is 0 Å². The Morgan fingerprint density at radius 3 is 2.71 bits per heavy atom. The van der Waals surface area contributed by atoms with Crippen molar-refractivity contribution in [3.8, 4) is 0 Å². The summed E-state index contributed by atoms with van der Waals surface area (Å²) in [5.74, 6) is 0.490. The fraction of sp³-hybridized carbons (Fsp3) is 0.833. The van der Waals surface area contributed by atoms with Crippen LogP contribution in [0.25, 0.3) is 0 Å². The fourth-order valence-electron chi connectivity index (χ4n) is 0.908. The van der Waals surface area contributed by atoms with Gasteiger partial charge in [-0.05, 0) is 17.4 Å². The Morgan fingerprint density at radius 1 is 1.57 bits per heavy atom. The maximum atomic E-state index is 10.9. The van der Waals surface area contributed by atoms with E-state index in [1.54, 1.807) is 6.92 Å². The highest BCUT2D eigenvalue weighted by molar-refractivity contribution is 7.90. The minimum absolute atomic E-state index is 0.00858. The predicted molar refractivity (Wildman–Crippen MR) is 51.8 cm³/mol. The SMILES string of the molecule is CC(Cl)c1nnnn1CCS(C)(=O)=O. The monoisotopic (exact) mass is 238 g/mol. The van der Waals surface area contributed by atoms with Gasteiger partial charge in [0.25, 0.3) is 0 Å². The second-order valence-corrected chi connectivity index (χ2v) is 5.92. The molecule has 0 saturated heterocycles. The topological polar surface area (TPSA) is 77.7 Å². The van der Waals surface area contributed by atoms with Crippen LogP contribution in [0.1, 0.15) is 18.1 Å². The van der Waals surface area contributed by atoms with Crippen molar-refractivity contribution in [3.63, 3.8) is 0 Å². The lowest BCUT2D eigenvalue weighted by molar-refractivity contribution is 0.569. The number of hydrogen-bond acceptors (Lipinski definition) is 5. The van der Waals surface area contributed by atoms with E-state index in [0.717, 1.165) is 0 Å². The molecule has 80 valence electrons. The number of alkyl halides is 1. The van der Waals surface area contributed by atoms with Crippen molar-refractivity contribution in [1.82, 2.24) is 20.2 Å². The number of tetrazole rings is 1. The summed E-state index contributed by atoms with van der Waals surface area (Å²) in [6.45, 7) is 1.96. The molecule has 1 aromatic heterocycles. The van der Waals surface area contributed by atoms with E-state index in [2.05, 4.69) is 15.5 Å². The van der Waals surface area contributed by atoms with E-state index in [4.69, 9.17) is 11.6 Å². The Morgan fingerprint density at radius 2 is 2.21 bits per heavy atom. The average molecular weight is 239 g/mol. The largest absolute Gasteiger partial charge is 0.229 e. The number of aryl methyl sites for hydroxylation is 1. The van der Waals surface area contributed by atoms with Crippen molar-refractivity contribution >= 4 is 21.4 Å². The highest BCUT2D eigenvalue weighted by Gasteiger charge is 2.13. The second kappa shape index (κ2) is 4.22. The van der Waals surface area contributed by atoms with Gasteiger partial charge in [-0.25, -0.2) is 13.1 Å². The molecule has 1 aromatic rings. The van der Waals surface area contributed by atoms with Crippen LogP contribution < -0.4 is 0 Å². The molecule has 1 atom stereocenters. The number of sulfone groups is 1. The number of nitrogens with zero attached hydrogens (tertiary/aromatic N) is 4. The Kier molecular flexibility index (Phi) is 3.43. The standard InChI is InChI=1S/C6H11ClN4O2S/c1-5(7)6-8-9-10-11(6)3-4-14(2,12)13/h5H,3-4H2,1-2H3. The lowest BCUT2D eigenvalue weighted by atomic mass is 10.4. The molecule has 0 radical (unpaired) electrons. The molecule has 0 aliphatic rings. The van der Waals surface area contributed by atoms with Crippen molar-refractivity contribution in [1.29, 1.82) is 0 Å². The van der Waals surface area contributed by atoms with Gasteiger partial charge in [0, 0.05) is 6.26 Å². The minimum atomic E-state index is -3.00. The van der Waals surface area contributed by atoms with Gasteiger partial charge < -0.3 is 0 Å². The summed E-state index contributed by atoms with van der Waals surface area (Å²) >= 11 is 5.79. The number of halogens is 1. The third-order valence-electron chi connectivity index (χ3n) is 1.59. The van der Waals surface area contributed by atoms with Gasteiger partial charge in [0.15, 0.2) is 5.82 Å². The third-order valence-corrected chi connectivity index (χ3v) is 2.71. The Hall–Kier alpha value is -0.690. The Bertz CT molecular complexity index is 400. The van der Waals surface area contributed by atoms with Crippen LogP contribution in [0.15, 0.2) is 0 Å². The fourth-order valence-corrected chi connectivity index (χ4v) is 1.57. The number of hydrogen-bond donors (Lipinski definition) is 0. The summed E-state index contributed by atoms with van der Waals surface area (Å²) in [5.41, 5.74) is 0. The zero-order valence-corrected chi connectivity index (χ0v) is 9.46. The van der Waals surface area contributed by atoms with Crippen LogP contribution in [0.4, 0.5) is 0 Å². The number of rotatable bonds is 4. The normalized spacial score (nSPS) is 14.2. The molecule has 0 amide bonds. The minimum Gasteiger partial charge on any atom is -0.229 e. The predicted octanol–water partition coefficient (Wildman–Crippen LogP) is 0.0175. The Balaban J connectivity index is 2.72. The van der Waals surface area contributed by atoms with E-state index in [9.17, 15) is 8.42 Å². The first kappa shape index (κ1) is 11.4. The van der Waals surface area contributed by atoms with Crippen LogP contribution in [0.2, 0.25) is 0 Å². The molecule has 0 N–H and O–H groups in total. The third kappa shape index (κ3) is 3.22. The molecule has 1 unspecified atom stereocenters. The molecule has 6 nitrogen and oxygen atoms in total. The van der Waals surface area contributed by atoms with Crippen molar-refractivity contribution in [2.24, 2.45) is 0 Å². The second-order valence-electron chi connectivity index (χ2n) is 3.01. The molecule has 0 aliphatic carbocycles. The van der Waals surface area contributed by atoms with Crippen LogP contribution in [-0.2, 0) is 16.4 Å². The van der Waals surface area contributed by atoms with E-state index in [-0.39, 0.29) is 17.7 Å². The molecule has 0 fully saturated rings. The summed E-state index contributed by atoms with van der Waals surface area (Å²) < 4.78 is 23.2. The molecule has 0 bridgehead atoms. The van der Waals surface area contributed by atoms with Gasteiger partial charge in [-0.15, -0.1) is 16.7 Å². The summed E-state index contributed by atoms with van der Waals surface area (Å²) in [6, 6.07) is 0. The summed E-state index contributed by atoms with van der Waals surface area (Å²) in [5, 5.41) is 10.4. The molecule has 1 heterocycles. The van der Waals surface area contributed by atoms with Crippen molar-refractivity contribution < 1.29 is 8.42 Å². The summed E-state index contributed by atoms with van der Waals surface area (Å²) in [4.78, 5) is 0. The van der Waals surface area contributed by atoms with Gasteiger partial charge in [-0.3, -0.25) is 0 Å². The molecule has 0 spiro atoms. The average Bonchev–Trinajstić information content (AvgIpc) is 2.46. The van der Waals surface area contributed by atoms with Gasteiger partial charge in [0.1, 0.15) is 9.84 Å². The van der Waals surface area contributed by atoms with Crippen LogP contribution in [-0.4, -0.2) is 40.6 Å². The quantitative estimate of drug-likeness (QED) is 0.691. The lowest BCUT2D eigenvalue weighted by Gasteiger charge is -2.04. The van der Waals surface area contributed by atoms with E-state index in [1.165, 1.54) is 10.9 Å². The van der Waals surface area contributed by atoms with E-state index in [0.29, 0.717) is 5.82 Å². The van der Waals surface area contributed by atoms with Gasteiger partial charge in [0.05, 0.1) is 17.7 Å². The first-order valence-electron chi connectivity index (χ1n) is 3.98. The molecule has 0 saturated carbocycles. The van der Waals surface area contributed by atoms with E-state index < -0.39 is 9.84 Å². The van der Waals surface area contributed by atoms with Crippen LogP contribution in [0.3, 0.4) is 0 Å². The first-order valence-corrected chi connectivity index (χ1v) is 6.47. The lowest BCUT2D eigenvalue weighted by Crippen LogP contribution is -2.14. The Labute approximate surface area is 87.2 Å². The molecule has 0 aromatic carbocycles. The zero-order chi connectivity index (χ0) is 10.8. The molecule has 14 heavy (non-hydrogen) atoms. The van der Waals surface area contributed by atoms with Crippen LogP contribution in [0, 0.1) is 0 Å². The molecule has 0 aliphatic heterocycles. The smallest absolute Gasteiger partial charge is 0.168 e.